The standard InChI is InChI=1S/C40H40ClFN4O7S2/c1-6-31(36(49)45-37-33(38(50)52-5)26-18-19-46(22-32(26)55-37)39(51)53-40(2,3)4)54-25-15-10-14-24(20-25)43-35(48)30(21-27-28(41)16-11-17-29(27)42)44-34(47)23-12-8-7-9-13-23/h7-17,20-21,31H,6,18-19,22H2,1-5H3,(H,43,48)(H,44,47)(H,45,49)/b30-21+. The van der Waals surface area contributed by atoms with E-state index in [2.05, 4.69) is 16.0 Å². The molecule has 0 spiro atoms. The molecule has 0 radical (unpaired) electrons. The number of amides is 4. The third kappa shape index (κ3) is 10.5. The highest BCUT2D eigenvalue weighted by atomic mass is 35.5. The van der Waals surface area contributed by atoms with Crippen molar-refractivity contribution in [2.45, 2.75) is 62.8 Å². The average molecular weight is 807 g/mol. The van der Waals surface area contributed by atoms with Gasteiger partial charge in [0.1, 0.15) is 22.1 Å². The predicted octanol–water partition coefficient (Wildman–Crippen LogP) is 8.54. The fraction of sp³-hybridized carbons (Fsp3) is 0.275. The summed E-state index contributed by atoms with van der Waals surface area (Å²) in [7, 11) is 1.27. The lowest BCUT2D eigenvalue weighted by atomic mass is 10.0. The van der Waals surface area contributed by atoms with E-state index in [4.69, 9.17) is 21.1 Å². The lowest BCUT2D eigenvalue weighted by molar-refractivity contribution is -0.116. The maximum absolute atomic E-state index is 14.8. The van der Waals surface area contributed by atoms with Crippen molar-refractivity contribution >= 4 is 81.2 Å². The number of nitrogens with one attached hydrogen (secondary N) is 3. The second-order valence-electron chi connectivity index (χ2n) is 13.4. The largest absolute Gasteiger partial charge is 0.465 e. The van der Waals surface area contributed by atoms with Crippen LogP contribution in [0.5, 0.6) is 0 Å². The van der Waals surface area contributed by atoms with Crippen LogP contribution < -0.4 is 16.0 Å². The SMILES string of the molecule is CCC(Sc1cccc(NC(=O)/C(=C\c2c(F)cccc2Cl)NC(=O)c2ccccc2)c1)C(=O)Nc1sc2c(c1C(=O)OC)CCN(C(=O)OC(C)(C)C)C2. The van der Waals surface area contributed by atoms with Gasteiger partial charge in [-0.15, -0.1) is 23.1 Å². The van der Waals surface area contributed by atoms with Crippen molar-refractivity contribution in [3.05, 3.63) is 116 Å². The van der Waals surface area contributed by atoms with Gasteiger partial charge in [-0.25, -0.2) is 14.0 Å². The number of carbonyl (C=O) groups excluding carboxylic acids is 5. The van der Waals surface area contributed by atoms with E-state index in [1.54, 1.807) is 80.3 Å². The number of thiophene rings is 1. The minimum atomic E-state index is -0.738. The number of ether oxygens (including phenoxy) is 2. The molecule has 0 saturated carbocycles. The van der Waals surface area contributed by atoms with Gasteiger partial charge in [-0.3, -0.25) is 14.4 Å². The molecule has 1 aliphatic heterocycles. The highest BCUT2D eigenvalue weighted by molar-refractivity contribution is 8.00. The zero-order valence-corrected chi connectivity index (χ0v) is 33.2. The molecule has 4 aromatic rings. The van der Waals surface area contributed by atoms with Crippen LogP contribution in [0, 0.1) is 5.82 Å². The molecule has 0 fully saturated rings. The third-order valence-corrected chi connectivity index (χ3v) is 11.0. The molecular formula is C40H40ClFN4O7S2. The van der Waals surface area contributed by atoms with E-state index < -0.39 is 40.5 Å². The molecule has 1 aromatic heterocycles. The van der Waals surface area contributed by atoms with Gasteiger partial charge < -0.3 is 30.3 Å². The molecule has 1 unspecified atom stereocenters. The average Bonchev–Trinajstić information content (AvgIpc) is 3.51. The number of nitrogens with zero attached hydrogens (tertiary/aromatic N) is 1. The van der Waals surface area contributed by atoms with E-state index in [0.717, 1.165) is 10.4 Å². The summed E-state index contributed by atoms with van der Waals surface area (Å²) in [5, 5.41) is 8.01. The maximum Gasteiger partial charge on any atom is 0.410 e. The van der Waals surface area contributed by atoms with Crippen molar-refractivity contribution in [3.63, 3.8) is 0 Å². The summed E-state index contributed by atoms with van der Waals surface area (Å²) < 4.78 is 25.4. The van der Waals surface area contributed by atoms with Crippen LogP contribution in [0.3, 0.4) is 0 Å². The molecule has 11 nitrogen and oxygen atoms in total. The molecule has 288 valence electrons. The van der Waals surface area contributed by atoms with Crippen molar-refractivity contribution < 1.29 is 37.8 Å². The van der Waals surface area contributed by atoms with E-state index >= 15 is 0 Å². The summed E-state index contributed by atoms with van der Waals surface area (Å²) >= 11 is 8.71. The molecule has 0 bridgehead atoms. The van der Waals surface area contributed by atoms with Gasteiger partial charge >= 0.3 is 12.1 Å². The summed E-state index contributed by atoms with van der Waals surface area (Å²) in [4.78, 5) is 69.1. The van der Waals surface area contributed by atoms with Crippen LogP contribution >= 0.6 is 34.7 Å². The Morgan fingerprint density at radius 3 is 2.42 bits per heavy atom. The van der Waals surface area contributed by atoms with Gasteiger partial charge in [-0.2, -0.15) is 0 Å². The Bertz CT molecular complexity index is 2110. The fourth-order valence-electron chi connectivity index (χ4n) is 5.55. The molecule has 1 aliphatic rings. The zero-order valence-electron chi connectivity index (χ0n) is 30.8. The summed E-state index contributed by atoms with van der Waals surface area (Å²) in [5.41, 5.74) is 0.625. The maximum atomic E-state index is 14.8. The van der Waals surface area contributed by atoms with Crippen molar-refractivity contribution in [2.24, 2.45) is 0 Å². The monoisotopic (exact) mass is 806 g/mol. The Labute approximate surface area is 331 Å². The normalized spacial score (nSPS) is 13.3. The van der Waals surface area contributed by atoms with Gasteiger partial charge in [-0.05, 0) is 87.7 Å². The number of halogens is 2. The highest BCUT2D eigenvalue weighted by Gasteiger charge is 2.33. The molecule has 2 heterocycles. The van der Waals surface area contributed by atoms with Crippen LogP contribution in [0.15, 0.2) is 83.4 Å². The Balaban J connectivity index is 1.32. The molecule has 55 heavy (non-hydrogen) atoms. The van der Waals surface area contributed by atoms with Gasteiger partial charge in [0, 0.05) is 33.1 Å². The lowest BCUT2D eigenvalue weighted by Crippen LogP contribution is -2.39. The number of hydrogen-bond acceptors (Lipinski definition) is 9. The smallest absolute Gasteiger partial charge is 0.410 e. The zero-order chi connectivity index (χ0) is 39.9. The van der Waals surface area contributed by atoms with Crippen molar-refractivity contribution in [2.75, 3.05) is 24.3 Å². The molecule has 3 aromatic carbocycles. The van der Waals surface area contributed by atoms with Gasteiger partial charge in [0.15, 0.2) is 0 Å². The molecule has 15 heteroatoms. The van der Waals surface area contributed by atoms with Gasteiger partial charge in [0.05, 0.1) is 29.5 Å². The van der Waals surface area contributed by atoms with E-state index in [-0.39, 0.29) is 39.9 Å². The lowest BCUT2D eigenvalue weighted by Gasteiger charge is -2.30. The first-order chi connectivity index (χ1) is 26.2. The molecular weight excluding hydrogens is 767 g/mol. The fourth-order valence-corrected chi connectivity index (χ4v) is 8.04. The van der Waals surface area contributed by atoms with Gasteiger partial charge in [-0.1, -0.05) is 48.9 Å². The van der Waals surface area contributed by atoms with Gasteiger partial charge in [0.25, 0.3) is 11.8 Å². The number of rotatable bonds is 11. The van der Waals surface area contributed by atoms with Crippen molar-refractivity contribution in [1.29, 1.82) is 0 Å². The van der Waals surface area contributed by atoms with Crippen LogP contribution in [-0.4, -0.2) is 59.2 Å². The Kier molecular flexibility index (Phi) is 13.4. The Hall–Kier alpha value is -5.18. The van der Waals surface area contributed by atoms with Crippen LogP contribution in [0.2, 0.25) is 5.02 Å². The molecule has 3 N–H and O–H groups in total. The minimum Gasteiger partial charge on any atom is -0.465 e. The van der Waals surface area contributed by atoms with E-state index in [0.29, 0.717) is 35.0 Å². The van der Waals surface area contributed by atoms with Crippen molar-refractivity contribution in [1.82, 2.24) is 10.2 Å². The topological polar surface area (TPSA) is 143 Å². The second-order valence-corrected chi connectivity index (χ2v) is 16.1. The minimum absolute atomic E-state index is 0.0470. The number of esters is 1. The summed E-state index contributed by atoms with van der Waals surface area (Å²) in [6, 6.07) is 19.1. The van der Waals surface area contributed by atoms with Crippen LogP contribution in [-0.2, 0) is 32.0 Å². The number of benzene rings is 3. The molecule has 4 amide bonds. The number of carbonyl (C=O) groups is 5. The molecule has 0 aliphatic carbocycles. The van der Waals surface area contributed by atoms with E-state index in [9.17, 15) is 28.4 Å². The number of thioether (sulfide) groups is 1. The quantitative estimate of drug-likeness (QED) is 0.0778. The van der Waals surface area contributed by atoms with Crippen LogP contribution in [0.4, 0.5) is 19.9 Å². The number of methoxy groups -OCH3 is 1. The van der Waals surface area contributed by atoms with Crippen molar-refractivity contribution in [3.8, 4) is 0 Å². The first-order valence-electron chi connectivity index (χ1n) is 17.3. The van der Waals surface area contributed by atoms with E-state index in [1.807, 2.05) is 6.92 Å². The Morgan fingerprint density at radius 1 is 1.02 bits per heavy atom. The van der Waals surface area contributed by atoms with Crippen LogP contribution in [0.1, 0.15) is 70.8 Å². The molecule has 5 rings (SSSR count). The first-order valence-corrected chi connectivity index (χ1v) is 19.4. The molecule has 0 saturated heterocycles. The van der Waals surface area contributed by atoms with E-state index in [1.165, 1.54) is 54.5 Å². The summed E-state index contributed by atoms with van der Waals surface area (Å²) in [6.45, 7) is 7.78. The summed E-state index contributed by atoms with van der Waals surface area (Å²) in [5.74, 6) is -2.95. The highest BCUT2D eigenvalue weighted by Crippen LogP contribution is 2.39. The first kappa shape index (κ1) is 41.0. The number of fused-ring (bicyclic) bond motifs is 1. The van der Waals surface area contributed by atoms with Crippen LogP contribution in [0.25, 0.3) is 6.08 Å². The Morgan fingerprint density at radius 2 is 1.75 bits per heavy atom. The second kappa shape index (κ2) is 18.0. The predicted molar refractivity (Wildman–Crippen MR) is 213 cm³/mol. The summed E-state index contributed by atoms with van der Waals surface area (Å²) in [6.07, 6.45) is 1.51. The number of anilines is 2. The van der Waals surface area contributed by atoms with Gasteiger partial charge in [0.2, 0.25) is 5.91 Å². The third-order valence-electron chi connectivity index (χ3n) is 8.19. The number of hydrogen-bond donors (Lipinski definition) is 3. The molecule has 1 atom stereocenters.